The first-order valence-corrected chi connectivity index (χ1v) is 10.8. The molecule has 0 spiro atoms. The third-order valence-corrected chi connectivity index (χ3v) is 5.99. The number of hydrogen-bond acceptors (Lipinski definition) is 4. The van der Waals surface area contributed by atoms with Gasteiger partial charge in [0.1, 0.15) is 12.4 Å². The summed E-state index contributed by atoms with van der Waals surface area (Å²) in [5.74, 6) is 0.166. The Morgan fingerprint density at radius 1 is 1.03 bits per heavy atom. The minimum absolute atomic E-state index is 0.248. The van der Waals surface area contributed by atoms with Crippen LogP contribution in [0.2, 0.25) is 0 Å². The summed E-state index contributed by atoms with van der Waals surface area (Å²) < 4.78 is 15.7. The Bertz CT molecular complexity index is 1130. The zero-order valence-corrected chi connectivity index (χ0v) is 17.4. The van der Waals surface area contributed by atoms with E-state index in [9.17, 15) is 4.39 Å². The molecule has 3 heterocycles. The highest BCUT2D eigenvalue weighted by atomic mass is 19.1. The molecule has 1 unspecified atom stereocenters. The van der Waals surface area contributed by atoms with E-state index < -0.39 is 0 Å². The Labute approximate surface area is 180 Å². The number of nitrogens with zero attached hydrogens (tertiary/aromatic N) is 5. The van der Waals surface area contributed by atoms with E-state index in [1.807, 2.05) is 36.4 Å². The number of fused-ring (bicyclic) bond motifs is 1. The van der Waals surface area contributed by atoms with Gasteiger partial charge in [-0.25, -0.2) is 4.39 Å². The Morgan fingerprint density at radius 3 is 2.71 bits per heavy atom. The second kappa shape index (κ2) is 8.89. The van der Waals surface area contributed by atoms with Gasteiger partial charge >= 0.3 is 0 Å². The molecule has 2 aromatic heterocycles. The lowest BCUT2D eigenvalue weighted by Crippen LogP contribution is -2.23. The van der Waals surface area contributed by atoms with Gasteiger partial charge < -0.3 is 9.74 Å². The van der Waals surface area contributed by atoms with E-state index in [2.05, 4.69) is 21.3 Å². The summed E-state index contributed by atoms with van der Waals surface area (Å²) in [4.78, 5) is 10.3. The maximum atomic E-state index is 14.0. The van der Waals surface area contributed by atoms with Crippen LogP contribution in [-0.4, -0.2) is 44.3 Å². The number of aromatic nitrogens is 4. The first-order chi connectivity index (χ1) is 15.3. The molecule has 0 radical (unpaired) electrons. The minimum Gasteiger partial charge on any atom is -0.409 e. The molecule has 6 nitrogen and oxygen atoms in total. The molecule has 0 bridgehead atoms. The molecule has 1 fully saturated rings. The maximum absolute atomic E-state index is 14.0. The molecule has 4 aromatic rings. The van der Waals surface area contributed by atoms with Crippen LogP contribution in [0.3, 0.4) is 0 Å². The Hall–Kier alpha value is -3.19. The smallest absolute Gasteiger partial charge is 0.140 e. The second-order valence-corrected chi connectivity index (χ2v) is 8.10. The molecule has 0 aliphatic carbocycles. The van der Waals surface area contributed by atoms with Crippen LogP contribution in [0.4, 0.5) is 4.39 Å². The van der Waals surface area contributed by atoms with Gasteiger partial charge in [0, 0.05) is 30.1 Å². The molecule has 5 rings (SSSR count). The summed E-state index contributed by atoms with van der Waals surface area (Å²) in [5, 5.41) is 9.40. The van der Waals surface area contributed by atoms with E-state index in [1.54, 1.807) is 28.0 Å². The molecule has 2 aromatic carbocycles. The summed E-state index contributed by atoms with van der Waals surface area (Å²) >= 11 is 0. The highest BCUT2D eigenvalue weighted by Gasteiger charge is 2.27. The monoisotopic (exact) mass is 419 g/mol. The fourth-order valence-corrected chi connectivity index (χ4v) is 4.43. The van der Waals surface area contributed by atoms with Gasteiger partial charge in [-0.15, -0.1) is 0 Å². The van der Waals surface area contributed by atoms with Crippen molar-refractivity contribution in [3.8, 4) is 0 Å². The molecule has 0 N–H and O–H groups in total. The van der Waals surface area contributed by atoms with Gasteiger partial charge in [-0.2, -0.15) is 19.7 Å². The van der Waals surface area contributed by atoms with E-state index in [1.165, 1.54) is 11.6 Å². The van der Waals surface area contributed by atoms with Crippen molar-refractivity contribution in [2.45, 2.75) is 31.9 Å². The summed E-state index contributed by atoms with van der Waals surface area (Å²) in [7, 11) is 0. The molecule has 0 amide bonds. The molecule has 7 heteroatoms. The van der Waals surface area contributed by atoms with Crippen molar-refractivity contribution in [1.29, 1.82) is 0 Å². The van der Waals surface area contributed by atoms with Crippen molar-refractivity contribution < 1.29 is 9.23 Å². The van der Waals surface area contributed by atoms with Crippen LogP contribution < -0.4 is 4.84 Å². The van der Waals surface area contributed by atoms with Gasteiger partial charge in [0.05, 0.1) is 24.5 Å². The van der Waals surface area contributed by atoms with Gasteiger partial charge in [-0.1, -0.05) is 30.3 Å². The molecular formula is C24H26FN5O. The fraction of sp³-hybridized carbons (Fsp3) is 0.333. The van der Waals surface area contributed by atoms with E-state index in [0.29, 0.717) is 12.5 Å². The highest BCUT2D eigenvalue weighted by Crippen LogP contribution is 2.34. The topological polar surface area (TPSA) is 48.1 Å². The largest absolute Gasteiger partial charge is 0.409 e. The van der Waals surface area contributed by atoms with Gasteiger partial charge in [0.2, 0.25) is 0 Å². The summed E-state index contributed by atoms with van der Waals surface area (Å²) in [5.41, 5.74) is 3.11. The van der Waals surface area contributed by atoms with E-state index >= 15 is 0 Å². The van der Waals surface area contributed by atoms with Crippen LogP contribution in [-0.2, 0) is 13.2 Å². The predicted octanol–water partition coefficient (Wildman–Crippen LogP) is 3.88. The average molecular weight is 420 g/mol. The normalized spacial score (nSPS) is 16.9. The van der Waals surface area contributed by atoms with Crippen LogP contribution in [0.1, 0.15) is 29.9 Å². The van der Waals surface area contributed by atoms with Crippen molar-refractivity contribution in [2.24, 2.45) is 0 Å². The molecule has 1 atom stereocenters. The van der Waals surface area contributed by atoms with Crippen molar-refractivity contribution in [2.75, 3.05) is 19.6 Å². The number of hydrogen-bond donors (Lipinski definition) is 0. The lowest BCUT2D eigenvalue weighted by atomic mass is 9.98. The van der Waals surface area contributed by atoms with Crippen molar-refractivity contribution in [1.82, 2.24) is 24.6 Å². The molecule has 1 saturated heterocycles. The van der Waals surface area contributed by atoms with Crippen molar-refractivity contribution in [3.05, 3.63) is 84.1 Å². The minimum atomic E-state index is -0.248. The second-order valence-electron chi connectivity index (χ2n) is 8.10. The Morgan fingerprint density at radius 2 is 1.87 bits per heavy atom. The Balaban J connectivity index is 1.29. The molecular weight excluding hydrogens is 393 g/mol. The number of rotatable bonds is 8. The standard InChI is InChI=1S/C24H26FN5O/c25-21-7-8-22-23(17-29(24(22)15-21)31-18-19-5-2-1-3-6-19)20-9-14-28(16-20)12-4-13-30-26-10-11-27-30/h1-3,5-8,10-11,15,17,20H,4,9,12-14,16,18H2. The number of likely N-dealkylation sites (tertiary alicyclic amines) is 1. The van der Waals surface area contributed by atoms with Crippen LogP contribution in [0.5, 0.6) is 0 Å². The lowest BCUT2D eigenvalue weighted by molar-refractivity contribution is 0.107. The predicted molar refractivity (Wildman–Crippen MR) is 117 cm³/mol. The number of benzene rings is 2. The first-order valence-electron chi connectivity index (χ1n) is 10.8. The van der Waals surface area contributed by atoms with E-state index in [4.69, 9.17) is 4.84 Å². The van der Waals surface area contributed by atoms with Crippen LogP contribution in [0.15, 0.2) is 67.1 Å². The maximum Gasteiger partial charge on any atom is 0.140 e. The van der Waals surface area contributed by atoms with Gasteiger partial charge in [-0.05, 0) is 49.2 Å². The summed E-state index contributed by atoms with van der Waals surface area (Å²) in [6.45, 7) is 4.37. The van der Waals surface area contributed by atoms with Crippen molar-refractivity contribution in [3.63, 3.8) is 0 Å². The van der Waals surface area contributed by atoms with E-state index in [-0.39, 0.29) is 5.82 Å². The molecule has 1 aliphatic heterocycles. The van der Waals surface area contributed by atoms with Gasteiger partial charge in [0.25, 0.3) is 0 Å². The van der Waals surface area contributed by atoms with Crippen LogP contribution in [0.25, 0.3) is 10.9 Å². The first kappa shape index (κ1) is 19.8. The fourth-order valence-electron chi connectivity index (χ4n) is 4.43. The lowest BCUT2D eigenvalue weighted by Gasteiger charge is -2.15. The van der Waals surface area contributed by atoms with E-state index in [0.717, 1.165) is 55.5 Å². The average Bonchev–Trinajstić information content (AvgIpc) is 3.53. The summed E-state index contributed by atoms with van der Waals surface area (Å²) in [6.07, 6.45) is 7.59. The molecule has 31 heavy (non-hydrogen) atoms. The third kappa shape index (κ3) is 4.46. The summed E-state index contributed by atoms with van der Waals surface area (Å²) in [6, 6.07) is 15.0. The highest BCUT2D eigenvalue weighted by molar-refractivity contribution is 5.84. The SMILES string of the molecule is Fc1ccc2c(C3CCN(CCCn4nccn4)C3)cn(OCc3ccccc3)c2c1. The number of halogens is 1. The zero-order chi connectivity index (χ0) is 21.0. The Kier molecular flexibility index (Phi) is 5.67. The van der Waals surface area contributed by atoms with Crippen LogP contribution >= 0.6 is 0 Å². The molecule has 1 aliphatic rings. The molecule has 0 saturated carbocycles. The van der Waals surface area contributed by atoms with Crippen LogP contribution in [0, 0.1) is 5.82 Å². The quantitative estimate of drug-likeness (QED) is 0.435. The van der Waals surface area contributed by atoms with Gasteiger partial charge in [-0.3, -0.25) is 0 Å². The third-order valence-electron chi connectivity index (χ3n) is 5.99. The van der Waals surface area contributed by atoms with Gasteiger partial charge in [0.15, 0.2) is 0 Å². The number of aryl methyl sites for hydroxylation is 1. The molecule has 160 valence electrons. The zero-order valence-electron chi connectivity index (χ0n) is 17.4. The van der Waals surface area contributed by atoms with Crippen molar-refractivity contribution >= 4 is 10.9 Å².